The minimum atomic E-state index is -4.95. The van der Waals surface area contributed by atoms with Gasteiger partial charge in [0.15, 0.2) is 0 Å². The van der Waals surface area contributed by atoms with E-state index in [1.54, 1.807) is 0 Å². The van der Waals surface area contributed by atoms with Crippen LogP contribution < -0.4 is 4.74 Å². The number of para-hydroxylation sites is 1. The van der Waals surface area contributed by atoms with Crippen LogP contribution in [0.15, 0.2) is 36.4 Å². The monoisotopic (exact) mass is 334 g/mol. The fourth-order valence-electron chi connectivity index (χ4n) is 1.82. The third-order valence-corrected chi connectivity index (χ3v) is 3.00. The van der Waals surface area contributed by atoms with E-state index in [0.29, 0.717) is 6.07 Å². The van der Waals surface area contributed by atoms with Crippen molar-refractivity contribution in [2.75, 3.05) is 0 Å². The average Bonchev–Trinajstić information content (AvgIpc) is 2.39. The number of rotatable bonds is 3. The number of carboxylic acid groups (broad SMARTS) is 1. The largest absolute Gasteiger partial charge is 0.573 e. The van der Waals surface area contributed by atoms with Crippen molar-refractivity contribution < 1.29 is 32.2 Å². The van der Waals surface area contributed by atoms with Crippen LogP contribution in [-0.2, 0) is 0 Å². The molecule has 0 spiro atoms. The molecular weight excluding hydrogens is 328 g/mol. The van der Waals surface area contributed by atoms with E-state index in [2.05, 4.69) is 4.74 Å². The number of ether oxygens (including phenoxy) is 1. The average molecular weight is 335 g/mol. The van der Waals surface area contributed by atoms with Gasteiger partial charge < -0.3 is 9.84 Å². The highest BCUT2D eigenvalue weighted by molar-refractivity contribution is 6.33. The Morgan fingerprint density at radius 2 is 1.77 bits per heavy atom. The van der Waals surface area contributed by atoms with E-state index in [1.807, 2.05) is 0 Å². The minimum absolute atomic E-state index is 0.198. The molecule has 0 atom stereocenters. The standard InChI is InChI=1S/C14H7ClF4O3/c15-10-5-8(11(16)6-9(10)13(20)21)7-3-1-2-4-12(7)22-14(17,18)19/h1-6H,(H,20,21). The highest BCUT2D eigenvalue weighted by atomic mass is 35.5. The summed E-state index contributed by atoms with van der Waals surface area (Å²) in [6, 6.07) is 6.48. The summed E-state index contributed by atoms with van der Waals surface area (Å²) >= 11 is 5.72. The number of halogens is 5. The molecule has 8 heteroatoms. The summed E-state index contributed by atoms with van der Waals surface area (Å²) in [7, 11) is 0. The maximum absolute atomic E-state index is 14.0. The second kappa shape index (κ2) is 5.84. The fraction of sp³-hybridized carbons (Fsp3) is 0.0714. The maximum atomic E-state index is 14.0. The van der Waals surface area contributed by atoms with Gasteiger partial charge in [-0.25, -0.2) is 9.18 Å². The van der Waals surface area contributed by atoms with Crippen molar-refractivity contribution >= 4 is 17.6 Å². The second-order valence-corrected chi connectivity index (χ2v) is 4.57. The Labute approximate surface area is 126 Å². The highest BCUT2D eigenvalue weighted by Gasteiger charge is 2.32. The Bertz CT molecular complexity index is 729. The second-order valence-electron chi connectivity index (χ2n) is 4.16. The molecule has 0 aromatic heterocycles. The molecule has 0 saturated heterocycles. The zero-order valence-electron chi connectivity index (χ0n) is 10.6. The van der Waals surface area contributed by atoms with Crippen molar-refractivity contribution in [1.29, 1.82) is 0 Å². The van der Waals surface area contributed by atoms with Gasteiger partial charge in [-0.3, -0.25) is 0 Å². The number of hydrogen-bond donors (Lipinski definition) is 1. The SMILES string of the molecule is O=C(O)c1cc(F)c(-c2ccccc2OC(F)(F)F)cc1Cl. The van der Waals surface area contributed by atoms with Gasteiger partial charge >= 0.3 is 12.3 Å². The van der Waals surface area contributed by atoms with Gasteiger partial charge in [-0.15, -0.1) is 13.2 Å². The van der Waals surface area contributed by atoms with Gasteiger partial charge in [0.05, 0.1) is 10.6 Å². The molecule has 0 saturated carbocycles. The minimum Gasteiger partial charge on any atom is -0.478 e. The normalized spacial score (nSPS) is 11.3. The van der Waals surface area contributed by atoms with Crippen LogP contribution in [0.1, 0.15) is 10.4 Å². The molecule has 0 aliphatic carbocycles. The number of hydrogen-bond acceptors (Lipinski definition) is 2. The van der Waals surface area contributed by atoms with Crippen LogP contribution in [0.2, 0.25) is 5.02 Å². The topological polar surface area (TPSA) is 46.5 Å². The molecule has 2 aromatic rings. The van der Waals surface area contributed by atoms with Gasteiger partial charge in [-0.2, -0.15) is 0 Å². The van der Waals surface area contributed by atoms with Gasteiger partial charge in [-0.1, -0.05) is 29.8 Å². The molecule has 0 amide bonds. The smallest absolute Gasteiger partial charge is 0.478 e. The molecule has 2 rings (SSSR count). The molecule has 0 aliphatic heterocycles. The van der Waals surface area contributed by atoms with Crippen molar-refractivity contribution in [2.24, 2.45) is 0 Å². The van der Waals surface area contributed by atoms with Gasteiger partial charge in [0.2, 0.25) is 0 Å². The molecule has 0 unspecified atom stereocenters. The quantitative estimate of drug-likeness (QED) is 0.824. The first kappa shape index (κ1) is 16.1. The molecule has 1 N–H and O–H groups in total. The predicted molar refractivity (Wildman–Crippen MR) is 70.5 cm³/mol. The van der Waals surface area contributed by atoms with E-state index in [9.17, 15) is 22.4 Å². The molecule has 22 heavy (non-hydrogen) atoms. The first-order chi connectivity index (χ1) is 10.2. The molecule has 0 heterocycles. The zero-order valence-corrected chi connectivity index (χ0v) is 11.4. The lowest BCUT2D eigenvalue weighted by atomic mass is 10.0. The zero-order chi connectivity index (χ0) is 16.5. The van der Waals surface area contributed by atoms with E-state index < -0.39 is 29.5 Å². The van der Waals surface area contributed by atoms with Crippen LogP contribution in [0.4, 0.5) is 17.6 Å². The number of carboxylic acids is 1. The Kier molecular flexibility index (Phi) is 4.27. The van der Waals surface area contributed by atoms with Crippen LogP contribution in [0.5, 0.6) is 5.75 Å². The summed E-state index contributed by atoms with van der Waals surface area (Å²) < 4.78 is 55.0. The van der Waals surface area contributed by atoms with Crippen LogP contribution in [0.3, 0.4) is 0 Å². The molecule has 0 radical (unpaired) electrons. The summed E-state index contributed by atoms with van der Waals surface area (Å²) in [5.41, 5.74) is -0.983. The highest BCUT2D eigenvalue weighted by Crippen LogP contribution is 2.37. The van der Waals surface area contributed by atoms with Gasteiger partial charge in [0.1, 0.15) is 11.6 Å². The van der Waals surface area contributed by atoms with Crippen molar-refractivity contribution in [3.8, 4) is 16.9 Å². The fourth-order valence-corrected chi connectivity index (χ4v) is 2.06. The van der Waals surface area contributed by atoms with Crippen LogP contribution >= 0.6 is 11.6 Å². The number of carbonyl (C=O) groups is 1. The summed E-state index contributed by atoms with van der Waals surface area (Å²) in [5.74, 6) is -3.09. The third kappa shape index (κ3) is 3.48. The van der Waals surface area contributed by atoms with E-state index in [1.165, 1.54) is 18.2 Å². The van der Waals surface area contributed by atoms with Crippen LogP contribution in [-0.4, -0.2) is 17.4 Å². The molecule has 3 nitrogen and oxygen atoms in total. The molecule has 116 valence electrons. The Morgan fingerprint density at radius 1 is 1.14 bits per heavy atom. The van der Waals surface area contributed by atoms with Crippen molar-refractivity contribution in [3.05, 3.63) is 52.8 Å². The van der Waals surface area contributed by atoms with Gasteiger partial charge in [-0.05, 0) is 18.2 Å². The Morgan fingerprint density at radius 3 is 2.36 bits per heavy atom. The van der Waals surface area contributed by atoms with E-state index in [0.717, 1.165) is 12.1 Å². The number of benzene rings is 2. The number of aromatic carboxylic acids is 1. The van der Waals surface area contributed by atoms with Crippen LogP contribution in [0, 0.1) is 5.82 Å². The lowest BCUT2D eigenvalue weighted by molar-refractivity contribution is -0.274. The van der Waals surface area contributed by atoms with Crippen LogP contribution in [0.25, 0.3) is 11.1 Å². The number of alkyl halides is 3. The van der Waals surface area contributed by atoms with Gasteiger partial charge in [0, 0.05) is 11.1 Å². The molecule has 0 fully saturated rings. The Hall–Kier alpha value is -2.28. The molecule has 2 aromatic carbocycles. The third-order valence-electron chi connectivity index (χ3n) is 2.69. The first-order valence-electron chi connectivity index (χ1n) is 5.76. The van der Waals surface area contributed by atoms with Gasteiger partial charge in [0.25, 0.3) is 0 Å². The van der Waals surface area contributed by atoms with E-state index in [4.69, 9.17) is 16.7 Å². The summed E-state index contributed by atoms with van der Waals surface area (Å²) in [5, 5.41) is 8.53. The first-order valence-corrected chi connectivity index (χ1v) is 6.14. The molecule has 0 aliphatic rings. The summed E-state index contributed by atoms with van der Waals surface area (Å²) in [6.07, 6.45) is -4.95. The maximum Gasteiger partial charge on any atom is 0.573 e. The summed E-state index contributed by atoms with van der Waals surface area (Å²) in [6.45, 7) is 0. The predicted octanol–water partition coefficient (Wildman–Crippen LogP) is 4.74. The lowest BCUT2D eigenvalue weighted by Crippen LogP contribution is -2.17. The molecule has 0 bridgehead atoms. The van der Waals surface area contributed by atoms with Crippen molar-refractivity contribution in [1.82, 2.24) is 0 Å². The summed E-state index contributed by atoms with van der Waals surface area (Å²) in [4.78, 5) is 10.9. The van der Waals surface area contributed by atoms with Crippen molar-refractivity contribution in [3.63, 3.8) is 0 Å². The van der Waals surface area contributed by atoms with Crippen molar-refractivity contribution in [2.45, 2.75) is 6.36 Å². The molecular formula is C14H7ClF4O3. The lowest BCUT2D eigenvalue weighted by Gasteiger charge is -2.14. The Balaban J connectivity index is 2.58. The van der Waals surface area contributed by atoms with E-state index in [-0.39, 0.29) is 16.1 Å². The van der Waals surface area contributed by atoms with E-state index >= 15 is 0 Å².